The Morgan fingerprint density at radius 1 is 0.889 bits per heavy atom. The lowest BCUT2D eigenvalue weighted by Gasteiger charge is -2.07. The minimum absolute atomic E-state index is 0.0809. The molecule has 0 aliphatic carbocycles. The van der Waals surface area contributed by atoms with Crippen molar-refractivity contribution in [3.8, 4) is 0 Å². The van der Waals surface area contributed by atoms with Crippen molar-refractivity contribution in [3.63, 3.8) is 0 Å². The fourth-order valence-corrected chi connectivity index (χ4v) is 2.92. The van der Waals surface area contributed by atoms with Gasteiger partial charge in [0, 0.05) is 5.56 Å². The summed E-state index contributed by atoms with van der Waals surface area (Å²) in [6, 6.07) is 16.2. The van der Waals surface area contributed by atoms with Gasteiger partial charge in [-0.15, -0.1) is 4.21 Å². The predicted octanol–water partition coefficient (Wildman–Crippen LogP) is 3.04. The van der Waals surface area contributed by atoms with E-state index in [1.807, 2.05) is 24.3 Å². The highest BCUT2D eigenvalue weighted by Crippen LogP contribution is 2.22. The first kappa shape index (κ1) is 12.7. The molecular formula is C15H15O2S+. The monoisotopic (exact) mass is 259 g/mol. The van der Waals surface area contributed by atoms with Gasteiger partial charge in [-0.05, 0) is 12.1 Å². The Kier molecular flexibility index (Phi) is 3.43. The maximum Gasteiger partial charge on any atom is 0.198 e. The lowest BCUT2D eigenvalue weighted by Crippen LogP contribution is -2.13. The molecule has 0 aliphatic rings. The van der Waals surface area contributed by atoms with Crippen LogP contribution in [0.5, 0.6) is 0 Å². The molecule has 0 heterocycles. The molecule has 0 aromatic heterocycles. The molecule has 0 fully saturated rings. The van der Waals surface area contributed by atoms with E-state index in [4.69, 9.17) is 0 Å². The van der Waals surface area contributed by atoms with Crippen LogP contribution < -0.4 is 0 Å². The van der Waals surface area contributed by atoms with Crippen molar-refractivity contribution in [1.29, 1.82) is 0 Å². The Balaban J connectivity index is 2.53. The van der Waals surface area contributed by atoms with Gasteiger partial charge in [-0.1, -0.05) is 42.5 Å². The normalized spacial score (nSPS) is 11.2. The average molecular weight is 259 g/mol. The summed E-state index contributed by atoms with van der Waals surface area (Å²) >= 11 is 0. The molecule has 92 valence electrons. The Hall–Kier alpha value is -1.74. The highest BCUT2D eigenvalue weighted by molar-refractivity contribution is 8.01. The Morgan fingerprint density at radius 2 is 1.44 bits per heavy atom. The van der Waals surface area contributed by atoms with Gasteiger partial charge in [-0.3, -0.25) is 4.79 Å². The van der Waals surface area contributed by atoms with Gasteiger partial charge in [0.2, 0.25) is 0 Å². The molecule has 0 atom stereocenters. The van der Waals surface area contributed by atoms with Crippen molar-refractivity contribution in [2.75, 3.05) is 12.5 Å². The fraction of sp³-hybridized carbons (Fsp3) is 0.133. The van der Waals surface area contributed by atoms with Crippen LogP contribution in [0.3, 0.4) is 0 Å². The average Bonchev–Trinajstić information content (AvgIpc) is 2.38. The van der Waals surface area contributed by atoms with Gasteiger partial charge in [0.05, 0.1) is 5.56 Å². The zero-order chi connectivity index (χ0) is 13.2. The van der Waals surface area contributed by atoms with E-state index in [0.29, 0.717) is 16.0 Å². The maximum atomic E-state index is 12.4. The molecule has 18 heavy (non-hydrogen) atoms. The fourth-order valence-electron chi connectivity index (χ4n) is 1.83. The van der Waals surface area contributed by atoms with Gasteiger partial charge in [0.25, 0.3) is 0 Å². The first-order valence-corrected chi connectivity index (χ1v) is 8.00. The smallest absolute Gasteiger partial charge is 0.198 e. The number of ketones is 1. The Bertz CT molecular complexity index is 611. The number of hydrogen-bond acceptors (Lipinski definition) is 2. The maximum absolute atomic E-state index is 12.4. The SMILES string of the molecule is C[S+](C)(=O)c1ccccc1C(=O)c1ccccc1. The van der Waals surface area contributed by atoms with E-state index >= 15 is 0 Å². The highest BCUT2D eigenvalue weighted by Gasteiger charge is 2.25. The van der Waals surface area contributed by atoms with Gasteiger partial charge >= 0.3 is 0 Å². The lowest BCUT2D eigenvalue weighted by molar-refractivity contribution is 0.103. The van der Waals surface area contributed by atoms with Gasteiger partial charge < -0.3 is 0 Å². The van der Waals surface area contributed by atoms with Crippen molar-refractivity contribution in [1.82, 2.24) is 0 Å². The van der Waals surface area contributed by atoms with E-state index in [-0.39, 0.29) is 5.78 Å². The first-order valence-electron chi connectivity index (χ1n) is 5.63. The van der Waals surface area contributed by atoms with E-state index in [0.717, 1.165) is 0 Å². The molecule has 0 radical (unpaired) electrons. The summed E-state index contributed by atoms with van der Waals surface area (Å²) in [5.41, 5.74) is 1.15. The van der Waals surface area contributed by atoms with Crippen LogP contribution in [0.4, 0.5) is 0 Å². The van der Waals surface area contributed by atoms with E-state index < -0.39 is 9.93 Å². The number of hydrogen-bond donors (Lipinski definition) is 0. The van der Waals surface area contributed by atoms with Gasteiger partial charge in [0.1, 0.15) is 22.4 Å². The largest absolute Gasteiger partial charge is 0.288 e. The molecule has 0 unspecified atom stereocenters. The lowest BCUT2D eigenvalue weighted by atomic mass is 10.0. The predicted molar refractivity (Wildman–Crippen MR) is 74.5 cm³/mol. The topological polar surface area (TPSA) is 34.1 Å². The van der Waals surface area contributed by atoms with Crippen molar-refractivity contribution in [3.05, 3.63) is 65.7 Å². The molecule has 0 aliphatic heterocycles. The highest BCUT2D eigenvalue weighted by atomic mass is 32.2. The molecule has 0 saturated carbocycles. The molecule has 0 amide bonds. The summed E-state index contributed by atoms with van der Waals surface area (Å²) in [5, 5.41) is 0. The third-order valence-corrected chi connectivity index (χ3v) is 4.11. The summed E-state index contributed by atoms with van der Waals surface area (Å²) in [5.74, 6) is -0.0809. The second-order valence-corrected chi connectivity index (χ2v) is 7.33. The molecule has 3 heteroatoms. The van der Waals surface area contributed by atoms with Crippen molar-refractivity contribution < 1.29 is 9.00 Å². The van der Waals surface area contributed by atoms with Crippen molar-refractivity contribution >= 4 is 15.7 Å². The summed E-state index contributed by atoms with van der Waals surface area (Å²) in [7, 11) is -2.16. The molecular weight excluding hydrogens is 244 g/mol. The zero-order valence-electron chi connectivity index (χ0n) is 10.4. The molecule has 0 saturated heterocycles. The Morgan fingerprint density at radius 3 is 2.06 bits per heavy atom. The number of carbonyl (C=O) groups excluding carboxylic acids is 1. The zero-order valence-corrected chi connectivity index (χ0v) is 11.2. The molecule has 0 bridgehead atoms. The van der Waals surface area contributed by atoms with Crippen LogP contribution in [0.2, 0.25) is 0 Å². The summed E-state index contributed by atoms with van der Waals surface area (Å²) in [4.78, 5) is 13.0. The number of carbonyl (C=O) groups is 1. The van der Waals surface area contributed by atoms with Gasteiger partial charge in [0.15, 0.2) is 10.7 Å². The molecule has 2 aromatic rings. The second-order valence-electron chi connectivity index (χ2n) is 4.42. The van der Waals surface area contributed by atoms with E-state index in [2.05, 4.69) is 0 Å². The summed E-state index contributed by atoms with van der Waals surface area (Å²) in [6.07, 6.45) is 3.31. The van der Waals surface area contributed by atoms with Crippen LogP contribution in [0, 0.1) is 0 Å². The van der Waals surface area contributed by atoms with E-state index in [9.17, 15) is 9.00 Å². The minimum atomic E-state index is -2.16. The molecule has 2 nitrogen and oxygen atoms in total. The number of rotatable bonds is 3. The van der Waals surface area contributed by atoms with Crippen LogP contribution >= 0.6 is 0 Å². The molecule has 0 N–H and O–H groups in total. The van der Waals surface area contributed by atoms with E-state index in [1.54, 1.807) is 42.8 Å². The standard InChI is InChI=1S/C15H15O2S/c1-18(2,17)14-11-7-6-10-13(14)15(16)12-8-4-3-5-9-12/h3-11H,1-2H3/q+1. The van der Waals surface area contributed by atoms with Crippen LogP contribution in [-0.2, 0) is 14.1 Å². The second kappa shape index (κ2) is 4.86. The van der Waals surface area contributed by atoms with Gasteiger partial charge in [-0.25, -0.2) is 0 Å². The van der Waals surface area contributed by atoms with Crippen molar-refractivity contribution in [2.24, 2.45) is 0 Å². The van der Waals surface area contributed by atoms with Crippen LogP contribution in [0.15, 0.2) is 59.5 Å². The van der Waals surface area contributed by atoms with Crippen LogP contribution in [0.25, 0.3) is 0 Å². The summed E-state index contributed by atoms with van der Waals surface area (Å²) < 4.78 is 12.2. The number of benzene rings is 2. The third-order valence-electron chi connectivity index (χ3n) is 2.70. The van der Waals surface area contributed by atoms with Crippen LogP contribution in [0.1, 0.15) is 15.9 Å². The molecule has 2 aromatic carbocycles. The third kappa shape index (κ3) is 2.57. The first-order chi connectivity index (χ1) is 8.50. The van der Waals surface area contributed by atoms with Gasteiger partial charge in [-0.2, -0.15) is 0 Å². The minimum Gasteiger partial charge on any atom is -0.288 e. The molecule has 2 rings (SSSR count). The summed E-state index contributed by atoms with van der Waals surface area (Å²) in [6.45, 7) is 0. The Labute approximate surface area is 108 Å². The van der Waals surface area contributed by atoms with Crippen molar-refractivity contribution in [2.45, 2.75) is 4.90 Å². The quantitative estimate of drug-likeness (QED) is 0.627. The van der Waals surface area contributed by atoms with Crippen LogP contribution in [-0.4, -0.2) is 18.3 Å². The molecule has 0 spiro atoms. The van der Waals surface area contributed by atoms with E-state index in [1.165, 1.54) is 0 Å².